The monoisotopic (exact) mass is 297 g/mol. The highest BCUT2D eigenvalue weighted by atomic mass is 16.1. The molecular formula is C16H19N5O. The van der Waals surface area contributed by atoms with E-state index in [1.165, 1.54) is 6.92 Å². The van der Waals surface area contributed by atoms with Crippen molar-refractivity contribution in [3.05, 3.63) is 48.7 Å². The molecule has 22 heavy (non-hydrogen) atoms. The van der Waals surface area contributed by atoms with Crippen LogP contribution < -0.4 is 16.0 Å². The van der Waals surface area contributed by atoms with Gasteiger partial charge in [-0.25, -0.2) is 4.98 Å². The maximum Gasteiger partial charge on any atom is 0.225 e. The Bertz CT molecular complexity index is 684. The molecule has 0 saturated heterocycles. The van der Waals surface area contributed by atoms with Crippen LogP contribution in [0.4, 0.5) is 23.1 Å². The van der Waals surface area contributed by atoms with E-state index in [0.717, 1.165) is 17.1 Å². The van der Waals surface area contributed by atoms with Gasteiger partial charge in [-0.1, -0.05) is 12.1 Å². The highest BCUT2D eigenvalue weighted by molar-refractivity contribution is 5.89. The summed E-state index contributed by atoms with van der Waals surface area (Å²) >= 11 is 0. The van der Waals surface area contributed by atoms with E-state index in [1.54, 1.807) is 6.08 Å². The van der Waals surface area contributed by atoms with Crippen molar-refractivity contribution in [2.75, 3.05) is 22.5 Å². The van der Waals surface area contributed by atoms with Gasteiger partial charge in [0.1, 0.15) is 5.82 Å². The van der Waals surface area contributed by atoms with Crippen molar-refractivity contribution in [3.8, 4) is 0 Å². The van der Waals surface area contributed by atoms with Crippen LogP contribution in [-0.2, 0) is 4.79 Å². The van der Waals surface area contributed by atoms with Crippen LogP contribution in [0.1, 0.15) is 12.6 Å². The Hall–Kier alpha value is -2.89. The minimum atomic E-state index is -0.106. The molecule has 0 fully saturated rings. The average Bonchev–Trinajstić information content (AvgIpc) is 2.44. The first-order valence-electron chi connectivity index (χ1n) is 6.92. The van der Waals surface area contributed by atoms with Crippen LogP contribution in [-0.4, -0.2) is 22.4 Å². The molecule has 0 atom stereocenters. The van der Waals surface area contributed by atoms with Gasteiger partial charge in [0, 0.05) is 36.6 Å². The zero-order valence-corrected chi connectivity index (χ0v) is 12.7. The number of aromatic nitrogens is 2. The van der Waals surface area contributed by atoms with E-state index in [9.17, 15) is 4.79 Å². The van der Waals surface area contributed by atoms with Gasteiger partial charge >= 0.3 is 0 Å². The van der Waals surface area contributed by atoms with Crippen LogP contribution in [0.25, 0.3) is 0 Å². The summed E-state index contributed by atoms with van der Waals surface area (Å²) in [5.41, 5.74) is 2.41. The number of aryl methyl sites for hydroxylation is 1. The molecule has 3 N–H and O–H groups in total. The Balaban J connectivity index is 2.17. The number of carbonyl (C=O) groups is 1. The van der Waals surface area contributed by atoms with Crippen molar-refractivity contribution in [1.29, 1.82) is 0 Å². The van der Waals surface area contributed by atoms with Gasteiger partial charge in [0.05, 0.1) is 0 Å². The Labute approximate surface area is 129 Å². The first-order chi connectivity index (χ1) is 10.6. The molecule has 0 saturated carbocycles. The van der Waals surface area contributed by atoms with Crippen LogP contribution in [0.15, 0.2) is 43.0 Å². The molecule has 0 unspecified atom stereocenters. The number of rotatable bonds is 6. The molecule has 1 aromatic heterocycles. The molecule has 0 aliphatic heterocycles. The van der Waals surface area contributed by atoms with Gasteiger partial charge in [0.2, 0.25) is 11.9 Å². The Morgan fingerprint density at radius 2 is 2.05 bits per heavy atom. The summed E-state index contributed by atoms with van der Waals surface area (Å²) in [5.74, 6) is 1.12. The van der Waals surface area contributed by atoms with E-state index in [2.05, 4.69) is 32.5 Å². The molecule has 6 heteroatoms. The fourth-order valence-corrected chi connectivity index (χ4v) is 1.90. The Morgan fingerprint density at radius 3 is 2.77 bits per heavy atom. The molecule has 0 radical (unpaired) electrons. The summed E-state index contributed by atoms with van der Waals surface area (Å²) < 4.78 is 0. The average molecular weight is 297 g/mol. The molecule has 114 valence electrons. The van der Waals surface area contributed by atoms with E-state index in [4.69, 9.17) is 0 Å². The predicted molar refractivity (Wildman–Crippen MR) is 89.5 cm³/mol. The number of nitrogens with one attached hydrogen (secondary N) is 3. The van der Waals surface area contributed by atoms with E-state index in [1.807, 2.05) is 37.3 Å². The van der Waals surface area contributed by atoms with E-state index < -0.39 is 0 Å². The van der Waals surface area contributed by atoms with Crippen molar-refractivity contribution in [2.24, 2.45) is 0 Å². The van der Waals surface area contributed by atoms with E-state index in [-0.39, 0.29) is 5.91 Å². The van der Waals surface area contributed by atoms with Gasteiger partial charge in [-0.05, 0) is 25.1 Å². The van der Waals surface area contributed by atoms with Crippen LogP contribution in [0.5, 0.6) is 0 Å². The van der Waals surface area contributed by atoms with Crippen LogP contribution in [0, 0.1) is 6.92 Å². The third-order valence-electron chi connectivity index (χ3n) is 2.71. The highest BCUT2D eigenvalue weighted by Crippen LogP contribution is 2.20. The van der Waals surface area contributed by atoms with Crippen molar-refractivity contribution in [1.82, 2.24) is 9.97 Å². The van der Waals surface area contributed by atoms with Crippen LogP contribution >= 0.6 is 0 Å². The minimum absolute atomic E-state index is 0.106. The SMILES string of the molecule is C=CCNc1nc(C)cc(Nc2cccc(NC(C)=O)c2)n1. The van der Waals surface area contributed by atoms with Crippen molar-refractivity contribution < 1.29 is 4.79 Å². The summed E-state index contributed by atoms with van der Waals surface area (Å²) in [4.78, 5) is 19.8. The van der Waals surface area contributed by atoms with Gasteiger partial charge in [-0.15, -0.1) is 6.58 Å². The van der Waals surface area contributed by atoms with Gasteiger partial charge in [0.15, 0.2) is 0 Å². The van der Waals surface area contributed by atoms with Gasteiger partial charge in [-0.2, -0.15) is 4.98 Å². The lowest BCUT2D eigenvalue weighted by atomic mass is 10.2. The molecule has 1 heterocycles. The maximum atomic E-state index is 11.1. The number of carbonyl (C=O) groups excluding carboxylic acids is 1. The lowest BCUT2D eigenvalue weighted by Gasteiger charge is -2.10. The zero-order valence-electron chi connectivity index (χ0n) is 12.7. The summed E-state index contributed by atoms with van der Waals surface area (Å²) in [6.07, 6.45) is 1.75. The van der Waals surface area contributed by atoms with Gasteiger partial charge in [0.25, 0.3) is 0 Å². The molecule has 0 aliphatic carbocycles. The molecule has 0 spiro atoms. The van der Waals surface area contributed by atoms with Gasteiger partial charge < -0.3 is 16.0 Å². The quantitative estimate of drug-likeness (QED) is 0.714. The molecule has 1 amide bonds. The maximum absolute atomic E-state index is 11.1. The Kier molecular flexibility index (Phi) is 5.08. The number of anilines is 4. The second kappa shape index (κ2) is 7.21. The Morgan fingerprint density at radius 1 is 1.27 bits per heavy atom. The van der Waals surface area contributed by atoms with E-state index in [0.29, 0.717) is 18.3 Å². The van der Waals surface area contributed by atoms with E-state index >= 15 is 0 Å². The lowest BCUT2D eigenvalue weighted by molar-refractivity contribution is -0.114. The summed E-state index contributed by atoms with van der Waals surface area (Å²) in [6, 6.07) is 9.28. The molecule has 2 rings (SSSR count). The van der Waals surface area contributed by atoms with Crippen molar-refractivity contribution >= 4 is 29.0 Å². The number of hydrogen-bond acceptors (Lipinski definition) is 5. The second-order valence-electron chi connectivity index (χ2n) is 4.77. The largest absolute Gasteiger partial charge is 0.351 e. The number of benzene rings is 1. The number of nitrogens with zero attached hydrogens (tertiary/aromatic N) is 2. The second-order valence-corrected chi connectivity index (χ2v) is 4.77. The third kappa shape index (κ3) is 4.59. The molecular weight excluding hydrogens is 278 g/mol. The standard InChI is InChI=1S/C16H19N5O/c1-4-8-17-16-18-11(2)9-15(21-16)20-14-7-5-6-13(10-14)19-12(3)22/h4-7,9-10H,1,8H2,2-3H3,(H,19,22)(H2,17,18,20,21). The summed E-state index contributed by atoms with van der Waals surface area (Å²) in [7, 11) is 0. The van der Waals surface area contributed by atoms with Crippen LogP contribution in [0.3, 0.4) is 0 Å². The number of hydrogen-bond donors (Lipinski definition) is 3. The van der Waals surface area contributed by atoms with Crippen LogP contribution in [0.2, 0.25) is 0 Å². The summed E-state index contributed by atoms with van der Waals surface area (Å²) in [6.45, 7) is 7.63. The zero-order chi connectivity index (χ0) is 15.9. The third-order valence-corrected chi connectivity index (χ3v) is 2.71. The minimum Gasteiger partial charge on any atom is -0.351 e. The van der Waals surface area contributed by atoms with Crippen molar-refractivity contribution in [2.45, 2.75) is 13.8 Å². The topological polar surface area (TPSA) is 78.9 Å². The summed E-state index contributed by atoms with van der Waals surface area (Å²) in [5, 5.41) is 9.02. The smallest absolute Gasteiger partial charge is 0.225 e. The predicted octanol–water partition coefficient (Wildman–Crippen LogP) is 3.08. The molecule has 0 bridgehead atoms. The lowest BCUT2D eigenvalue weighted by Crippen LogP contribution is -2.07. The first-order valence-corrected chi connectivity index (χ1v) is 6.92. The van der Waals surface area contributed by atoms with Crippen molar-refractivity contribution in [3.63, 3.8) is 0 Å². The van der Waals surface area contributed by atoms with Gasteiger partial charge in [-0.3, -0.25) is 4.79 Å². The molecule has 2 aromatic rings. The fourth-order valence-electron chi connectivity index (χ4n) is 1.90. The first kappa shape index (κ1) is 15.5. The molecule has 0 aliphatic rings. The fraction of sp³-hybridized carbons (Fsp3) is 0.188. The normalized spacial score (nSPS) is 9.91. The highest BCUT2D eigenvalue weighted by Gasteiger charge is 2.03. The molecule has 6 nitrogen and oxygen atoms in total. The number of amides is 1. The molecule has 1 aromatic carbocycles.